The molecule has 0 radical (unpaired) electrons. The standard InChI is InChI=1S/C11H19N3O/c1-11(8-12,15-4)9-5-6-10(13-7-9)14(2)3/h5-7H,8,12H2,1-4H3. The minimum Gasteiger partial charge on any atom is -0.372 e. The van der Waals surface area contributed by atoms with Crippen molar-refractivity contribution in [3.05, 3.63) is 23.9 Å². The van der Waals surface area contributed by atoms with Gasteiger partial charge in [-0.05, 0) is 13.0 Å². The van der Waals surface area contributed by atoms with Crippen molar-refractivity contribution in [2.45, 2.75) is 12.5 Å². The first-order valence-electron chi connectivity index (χ1n) is 4.92. The van der Waals surface area contributed by atoms with Crippen molar-refractivity contribution in [3.63, 3.8) is 0 Å². The molecule has 1 aromatic rings. The topological polar surface area (TPSA) is 51.4 Å². The van der Waals surface area contributed by atoms with Crippen LogP contribution in [-0.2, 0) is 10.3 Å². The molecule has 0 saturated heterocycles. The fourth-order valence-electron chi connectivity index (χ4n) is 1.28. The van der Waals surface area contributed by atoms with Crippen LogP contribution in [0.15, 0.2) is 18.3 Å². The Morgan fingerprint density at radius 3 is 2.47 bits per heavy atom. The van der Waals surface area contributed by atoms with E-state index in [9.17, 15) is 0 Å². The second-order valence-electron chi connectivity index (χ2n) is 3.94. The third-order valence-corrected chi connectivity index (χ3v) is 2.66. The van der Waals surface area contributed by atoms with E-state index in [1.807, 2.05) is 44.2 Å². The molecule has 0 aliphatic rings. The minimum absolute atomic E-state index is 0.437. The summed E-state index contributed by atoms with van der Waals surface area (Å²) in [6, 6.07) is 3.96. The molecule has 1 unspecified atom stereocenters. The maximum absolute atomic E-state index is 5.68. The summed E-state index contributed by atoms with van der Waals surface area (Å²) >= 11 is 0. The third kappa shape index (κ3) is 2.46. The molecule has 2 N–H and O–H groups in total. The SMILES string of the molecule is COC(C)(CN)c1ccc(N(C)C)nc1. The Morgan fingerprint density at radius 2 is 2.13 bits per heavy atom. The Labute approximate surface area is 91.1 Å². The summed E-state index contributed by atoms with van der Waals surface area (Å²) in [7, 11) is 5.58. The molecule has 1 rings (SSSR count). The van der Waals surface area contributed by atoms with E-state index in [1.54, 1.807) is 7.11 Å². The van der Waals surface area contributed by atoms with Crippen LogP contribution in [-0.4, -0.2) is 32.7 Å². The van der Waals surface area contributed by atoms with Crippen LogP contribution in [0.5, 0.6) is 0 Å². The van der Waals surface area contributed by atoms with Crippen LogP contribution >= 0.6 is 0 Å². The molecule has 0 bridgehead atoms. The second-order valence-corrected chi connectivity index (χ2v) is 3.94. The number of nitrogens with zero attached hydrogens (tertiary/aromatic N) is 2. The van der Waals surface area contributed by atoms with Crippen molar-refractivity contribution in [2.75, 3.05) is 32.6 Å². The Balaban J connectivity index is 2.97. The molecule has 1 aromatic heterocycles. The number of hydrogen-bond acceptors (Lipinski definition) is 4. The number of aromatic nitrogens is 1. The maximum Gasteiger partial charge on any atom is 0.127 e. The zero-order chi connectivity index (χ0) is 11.5. The number of hydrogen-bond donors (Lipinski definition) is 1. The predicted molar refractivity (Wildman–Crippen MR) is 62.0 cm³/mol. The Kier molecular flexibility index (Phi) is 3.66. The molecule has 0 amide bonds. The molecule has 84 valence electrons. The first-order chi connectivity index (χ1) is 7.03. The first kappa shape index (κ1) is 11.9. The molecular weight excluding hydrogens is 190 g/mol. The van der Waals surface area contributed by atoms with Gasteiger partial charge in [-0.3, -0.25) is 0 Å². The summed E-state index contributed by atoms with van der Waals surface area (Å²) in [6.45, 7) is 2.39. The molecule has 15 heavy (non-hydrogen) atoms. The lowest BCUT2D eigenvalue weighted by Crippen LogP contribution is -2.33. The molecule has 4 heteroatoms. The fourth-order valence-corrected chi connectivity index (χ4v) is 1.28. The van der Waals surface area contributed by atoms with Crippen molar-refractivity contribution in [2.24, 2.45) is 5.73 Å². The van der Waals surface area contributed by atoms with E-state index < -0.39 is 5.60 Å². The van der Waals surface area contributed by atoms with Crippen LogP contribution in [0.3, 0.4) is 0 Å². The summed E-state index contributed by atoms with van der Waals surface area (Å²) < 4.78 is 5.39. The first-order valence-corrected chi connectivity index (χ1v) is 4.92. The molecule has 0 fully saturated rings. The van der Waals surface area contributed by atoms with Crippen LogP contribution in [0.1, 0.15) is 12.5 Å². The molecule has 4 nitrogen and oxygen atoms in total. The monoisotopic (exact) mass is 209 g/mol. The number of pyridine rings is 1. The molecule has 0 aliphatic heterocycles. The van der Waals surface area contributed by atoms with Gasteiger partial charge in [-0.1, -0.05) is 6.07 Å². The summed E-state index contributed by atoms with van der Waals surface area (Å²) in [6.07, 6.45) is 1.81. The molecule has 1 atom stereocenters. The molecule has 0 aromatic carbocycles. The van der Waals surface area contributed by atoms with Gasteiger partial charge in [0.05, 0.1) is 0 Å². The van der Waals surface area contributed by atoms with Gasteiger partial charge in [0.25, 0.3) is 0 Å². The zero-order valence-corrected chi connectivity index (χ0v) is 9.82. The highest BCUT2D eigenvalue weighted by Gasteiger charge is 2.24. The Morgan fingerprint density at radius 1 is 1.47 bits per heavy atom. The lowest BCUT2D eigenvalue weighted by molar-refractivity contribution is 0.00982. The normalized spacial score (nSPS) is 14.7. The second kappa shape index (κ2) is 4.59. The molecular formula is C11H19N3O. The van der Waals surface area contributed by atoms with Gasteiger partial charge in [0, 0.05) is 39.5 Å². The van der Waals surface area contributed by atoms with Crippen molar-refractivity contribution >= 4 is 5.82 Å². The van der Waals surface area contributed by atoms with Gasteiger partial charge < -0.3 is 15.4 Å². The van der Waals surface area contributed by atoms with Crippen LogP contribution in [0, 0.1) is 0 Å². The van der Waals surface area contributed by atoms with E-state index >= 15 is 0 Å². The van der Waals surface area contributed by atoms with E-state index in [4.69, 9.17) is 10.5 Å². The number of rotatable bonds is 4. The van der Waals surface area contributed by atoms with Gasteiger partial charge in [0.2, 0.25) is 0 Å². The smallest absolute Gasteiger partial charge is 0.127 e. The Hall–Kier alpha value is -1.13. The number of ether oxygens (including phenoxy) is 1. The van der Waals surface area contributed by atoms with Crippen molar-refractivity contribution in [3.8, 4) is 0 Å². The van der Waals surface area contributed by atoms with E-state index in [0.29, 0.717) is 6.54 Å². The molecule has 0 saturated carbocycles. The quantitative estimate of drug-likeness (QED) is 0.802. The van der Waals surface area contributed by atoms with Crippen LogP contribution in [0.2, 0.25) is 0 Å². The van der Waals surface area contributed by atoms with Gasteiger partial charge >= 0.3 is 0 Å². The van der Waals surface area contributed by atoms with Crippen LogP contribution in [0.25, 0.3) is 0 Å². The largest absolute Gasteiger partial charge is 0.372 e. The minimum atomic E-state index is -0.447. The number of methoxy groups -OCH3 is 1. The lowest BCUT2D eigenvalue weighted by atomic mass is 9.98. The lowest BCUT2D eigenvalue weighted by Gasteiger charge is -2.26. The van der Waals surface area contributed by atoms with Crippen molar-refractivity contribution in [1.82, 2.24) is 4.98 Å². The van der Waals surface area contributed by atoms with Gasteiger partial charge in [0.15, 0.2) is 0 Å². The van der Waals surface area contributed by atoms with E-state index in [-0.39, 0.29) is 0 Å². The summed E-state index contributed by atoms with van der Waals surface area (Å²) in [5, 5.41) is 0. The predicted octanol–water partition coefficient (Wildman–Crippen LogP) is 0.968. The summed E-state index contributed by atoms with van der Waals surface area (Å²) in [4.78, 5) is 6.29. The van der Waals surface area contributed by atoms with Gasteiger partial charge in [-0.25, -0.2) is 4.98 Å². The highest BCUT2D eigenvalue weighted by molar-refractivity contribution is 5.38. The fraction of sp³-hybridized carbons (Fsp3) is 0.545. The molecule has 0 spiro atoms. The Bertz CT molecular complexity index is 304. The maximum atomic E-state index is 5.68. The highest BCUT2D eigenvalue weighted by Crippen LogP contribution is 2.23. The zero-order valence-electron chi connectivity index (χ0n) is 9.82. The van der Waals surface area contributed by atoms with Crippen molar-refractivity contribution in [1.29, 1.82) is 0 Å². The van der Waals surface area contributed by atoms with Gasteiger partial charge in [-0.15, -0.1) is 0 Å². The summed E-state index contributed by atoms with van der Waals surface area (Å²) in [5.74, 6) is 0.925. The molecule has 1 heterocycles. The highest BCUT2D eigenvalue weighted by atomic mass is 16.5. The number of anilines is 1. The number of nitrogens with two attached hydrogens (primary N) is 1. The van der Waals surface area contributed by atoms with Gasteiger partial charge in [-0.2, -0.15) is 0 Å². The van der Waals surface area contributed by atoms with Crippen LogP contribution < -0.4 is 10.6 Å². The van der Waals surface area contributed by atoms with E-state index in [2.05, 4.69) is 4.98 Å². The average molecular weight is 209 g/mol. The average Bonchev–Trinajstić information content (AvgIpc) is 2.28. The van der Waals surface area contributed by atoms with Gasteiger partial charge in [0.1, 0.15) is 11.4 Å². The summed E-state index contributed by atoms with van der Waals surface area (Å²) in [5.41, 5.74) is 6.24. The van der Waals surface area contributed by atoms with E-state index in [0.717, 1.165) is 11.4 Å². The third-order valence-electron chi connectivity index (χ3n) is 2.66. The van der Waals surface area contributed by atoms with Crippen LogP contribution in [0.4, 0.5) is 5.82 Å². The molecule has 0 aliphatic carbocycles. The van der Waals surface area contributed by atoms with E-state index in [1.165, 1.54) is 0 Å². The van der Waals surface area contributed by atoms with Crippen molar-refractivity contribution < 1.29 is 4.74 Å².